The van der Waals surface area contributed by atoms with Crippen molar-refractivity contribution in [3.8, 4) is 11.4 Å². The number of rotatable bonds is 4. The number of pyridine rings is 1. The van der Waals surface area contributed by atoms with Crippen molar-refractivity contribution in [3.63, 3.8) is 0 Å². The smallest absolute Gasteiger partial charge is 0.420 e. The highest BCUT2D eigenvalue weighted by Gasteiger charge is 2.26. The SMILES string of the molecule is Cc1cccc(N(C(=O)OC(C)(C)C)c2cncc(-c3ccc(NC(=O)OC(C)(C)C)cn3)n2)c1. The van der Waals surface area contributed by atoms with E-state index >= 15 is 0 Å². The Morgan fingerprint density at radius 2 is 1.60 bits per heavy atom. The third kappa shape index (κ3) is 7.49. The topological polar surface area (TPSA) is 107 Å². The van der Waals surface area contributed by atoms with Crippen LogP contribution in [0.2, 0.25) is 0 Å². The fraction of sp³-hybridized carbons (Fsp3) is 0.346. The highest BCUT2D eigenvalue weighted by atomic mass is 16.6. The Balaban J connectivity index is 1.90. The second-order valence-electron chi connectivity index (χ2n) is 9.98. The number of amides is 2. The lowest BCUT2D eigenvalue weighted by Crippen LogP contribution is -2.34. The molecule has 0 radical (unpaired) electrons. The quantitative estimate of drug-likeness (QED) is 0.472. The molecule has 0 saturated carbocycles. The minimum atomic E-state index is -0.692. The molecule has 0 aliphatic rings. The van der Waals surface area contributed by atoms with Gasteiger partial charge in [0.05, 0.1) is 35.7 Å². The summed E-state index contributed by atoms with van der Waals surface area (Å²) < 4.78 is 10.9. The van der Waals surface area contributed by atoms with Crippen molar-refractivity contribution >= 4 is 29.4 Å². The first-order chi connectivity index (χ1) is 16.3. The molecule has 0 fully saturated rings. The summed E-state index contributed by atoms with van der Waals surface area (Å²) in [6.07, 6.45) is 3.41. The van der Waals surface area contributed by atoms with E-state index in [1.165, 1.54) is 17.3 Å². The van der Waals surface area contributed by atoms with E-state index < -0.39 is 23.4 Å². The third-order valence-electron chi connectivity index (χ3n) is 4.36. The summed E-state index contributed by atoms with van der Waals surface area (Å²) in [7, 11) is 0. The number of ether oxygens (including phenoxy) is 2. The summed E-state index contributed by atoms with van der Waals surface area (Å²) in [4.78, 5) is 39.8. The first-order valence-corrected chi connectivity index (χ1v) is 11.2. The van der Waals surface area contributed by atoms with Gasteiger partial charge in [-0.15, -0.1) is 0 Å². The summed E-state index contributed by atoms with van der Waals surface area (Å²) in [5.74, 6) is 0.292. The zero-order valence-electron chi connectivity index (χ0n) is 21.1. The van der Waals surface area contributed by atoms with Gasteiger partial charge in [0.25, 0.3) is 0 Å². The number of anilines is 3. The Hall–Kier alpha value is -4.01. The van der Waals surface area contributed by atoms with Crippen LogP contribution in [-0.2, 0) is 9.47 Å². The molecule has 2 aromatic heterocycles. The summed E-state index contributed by atoms with van der Waals surface area (Å²) in [6.45, 7) is 12.7. The summed E-state index contributed by atoms with van der Waals surface area (Å²) in [5.41, 5.74) is 1.73. The molecule has 0 atom stereocenters. The lowest BCUT2D eigenvalue weighted by molar-refractivity contribution is 0.0595. The van der Waals surface area contributed by atoms with Crippen molar-refractivity contribution in [1.29, 1.82) is 0 Å². The molecule has 184 valence electrons. The number of benzene rings is 1. The Kier molecular flexibility index (Phi) is 7.38. The van der Waals surface area contributed by atoms with Crippen LogP contribution in [0.4, 0.5) is 26.8 Å². The number of carbonyl (C=O) groups is 2. The molecule has 35 heavy (non-hydrogen) atoms. The van der Waals surface area contributed by atoms with Crippen LogP contribution in [0.1, 0.15) is 47.1 Å². The molecule has 2 heterocycles. The molecule has 0 spiro atoms. The van der Waals surface area contributed by atoms with Gasteiger partial charge < -0.3 is 9.47 Å². The van der Waals surface area contributed by atoms with Gasteiger partial charge in [0.15, 0.2) is 5.82 Å². The van der Waals surface area contributed by atoms with Crippen LogP contribution in [0.5, 0.6) is 0 Å². The number of carbonyl (C=O) groups excluding carboxylic acids is 2. The van der Waals surface area contributed by atoms with Crippen LogP contribution in [0.3, 0.4) is 0 Å². The summed E-state index contributed by atoms with van der Waals surface area (Å²) in [6, 6.07) is 10.9. The van der Waals surface area contributed by atoms with Gasteiger partial charge in [0.1, 0.15) is 16.9 Å². The van der Waals surface area contributed by atoms with Crippen molar-refractivity contribution in [2.24, 2.45) is 0 Å². The number of hydrogen-bond donors (Lipinski definition) is 1. The molecule has 0 saturated heterocycles. The third-order valence-corrected chi connectivity index (χ3v) is 4.36. The lowest BCUT2D eigenvalue weighted by Gasteiger charge is -2.27. The molecule has 3 aromatic rings. The Labute approximate surface area is 205 Å². The molecule has 9 heteroatoms. The maximum absolute atomic E-state index is 13.1. The van der Waals surface area contributed by atoms with Crippen LogP contribution >= 0.6 is 0 Å². The minimum absolute atomic E-state index is 0.292. The van der Waals surface area contributed by atoms with Crippen molar-refractivity contribution in [1.82, 2.24) is 15.0 Å². The Morgan fingerprint density at radius 3 is 2.20 bits per heavy atom. The first-order valence-electron chi connectivity index (χ1n) is 11.2. The van der Waals surface area contributed by atoms with E-state index in [-0.39, 0.29) is 0 Å². The lowest BCUT2D eigenvalue weighted by atomic mass is 10.2. The molecule has 1 aromatic carbocycles. The van der Waals surface area contributed by atoms with Gasteiger partial charge in [-0.05, 0) is 78.3 Å². The van der Waals surface area contributed by atoms with Crippen molar-refractivity contribution in [2.45, 2.75) is 59.7 Å². The molecular formula is C26H31N5O4. The van der Waals surface area contributed by atoms with Crippen molar-refractivity contribution in [3.05, 3.63) is 60.6 Å². The van der Waals surface area contributed by atoms with Gasteiger partial charge in [-0.1, -0.05) is 12.1 Å². The second kappa shape index (κ2) is 10.1. The predicted molar refractivity (Wildman–Crippen MR) is 135 cm³/mol. The van der Waals surface area contributed by atoms with Crippen LogP contribution in [0.15, 0.2) is 55.0 Å². The zero-order valence-corrected chi connectivity index (χ0v) is 21.1. The average molecular weight is 478 g/mol. The molecule has 0 bridgehead atoms. The number of aromatic nitrogens is 3. The van der Waals surface area contributed by atoms with Gasteiger partial charge in [0, 0.05) is 0 Å². The summed E-state index contributed by atoms with van der Waals surface area (Å²) >= 11 is 0. The Morgan fingerprint density at radius 1 is 0.886 bits per heavy atom. The normalized spacial score (nSPS) is 11.5. The van der Waals surface area contributed by atoms with Crippen LogP contribution in [0.25, 0.3) is 11.4 Å². The van der Waals surface area contributed by atoms with Gasteiger partial charge in [-0.3, -0.25) is 15.3 Å². The second-order valence-corrected chi connectivity index (χ2v) is 9.98. The monoisotopic (exact) mass is 477 g/mol. The highest BCUT2D eigenvalue weighted by molar-refractivity contribution is 5.95. The van der Waals surface area contributed by atoms with E-state index in [9.17, 15) is 9.59 Å². The standard InChI is InChI=1S/C26H31N5O4/c1-17-9-8-10-19(13-17)31(24(33)35-26(5,6)7)22-16-27-15-21(30-22)20-12-11-18(14-28-20)29-23(32)34-25(2,3)4/h8-16H,1-7H3,(H,29,32). The predicted octanol–water partition coefficient (Wildman–Crippen LogP) is 6.27. The van der Waals surface area contributed by atoms with E-state index in [0.717, 1.165) is 5.56 Å². The molecular weight excluding hydrogens is 446 g/mol. The molecule has 1 N–H and O–H groups in total. The fourth-order valence-electron chi connectivity index (χ4n) is 3.03. The zero-order chi connectivity index (χ0) is 25.8. The van der Waals surface area contributed by atoms with E-state index in [2.05, 4.69) is 20.3 Å². The first kappa shape index (κ1) is 25.6. The van der Waals surface area contributed by atoms with E-state index in [1.807, 2.05) is 25.1 Å². The van der Waals surface area contributed by atoms with E-state index in [4.69, 9.17) is 9.47 Å². The largest absolute Gasteiger partial charge is 0.444 e. The molecule has 0 aliphatic heterocycles. The molecule has 3 rings (SSSR count). The molecule has 9 nitrogen and oxygen atoms in total. The number of nitrogens with one attached hydrogen (secondary N) is 1. The maximum Gasteiger partial charge on any atom is 0.420 e. The van der Waals surface area contributed by atoms with Crippen molar-refractivity contribution in [2.75, 3.05) is 10.2 Å². The maximum atomic E-state index is 13.1. The van der Waals surface area contributed by atoms with Crippen LogP contribution < -0.4 is 10.2 Å². The van der Waals surface area contributed by atoms with E-state index in [0.29, 0.717) is 28.6 Å². The van der Waals surface area contributed by atoms with Crippen LogP contribution in [-0.4, -0.2) is 38.3 Å². The van der Waals surface area contributed by atoms with Gasteiger partial charge in [-0.25, -0.2) is 19.5 Å². The molecule has 2 amide bonds. The highest BCUT2D eigenvalue weighted by Crippen LogP contribution is 2.28. The average Bonchev–Trinajstić information content (AvgIpc) is 2.72. The Bertz CT molecular complexity index is 1200. The summed E-state index contributed by atoms with van der Waals surface area (Å²) in [5, 5.41) is 2.64. The number of hydrogen-bond acceptors (Lipinski definition) is 7. The molecule has 0 unspecified atom stereocenters. The van der Waals surface area contributed by atoms with Gasteiger partial charge >= 0.3 is 12.2 Å². The van der Waals surface area contributed by atoms with Crippen LogP contribution in [0, 0.1) is 6.92 Å². The number of aryl methyl sites for hydroxylation is 1. The van der Waals surface area contributed by atoms with Gasteiger partial charge in [0.2, 0.25) is 0 Å². The van der Waals surface area contributed by atoms with Crippen molar-refractivity contribution < 1.29 is 19.1 Å². The minimum Gasteiger partial charge on any atom is -0.444 e. The van der Waals surface area contributed by atoms with E-state index in [1.54, 1.807) is 65.9 Å². The number of nitrogens with zero attached hydrogens (tertiary/aromatic N) is 4. The van der Waals surface area contributed by atoms with Gasteiger partial charge in [-0.2, -0.15) is 0 Å². The fourth-order valence-corrected chi connectivity index (χ4v) is 3.03. The molecule has 0 aliphatic carbocycles.